The first kappa shape index (κ1) is 19.1. The van der Waals surface area contributed by atoms with Crippen LogP contribution in [0.15, 0.2) is 24.5 Å². The van der Waals surface area contributed by atoms with Gasteiger partial charge in [-0.2, -0.15) is 5.10 Å². The van der Waals surface area contributed by atoms with Gasteiger partial charge in [0.05, 0.1) is 16.8 Å². The van der Waals surface area contributed by atoms with Gasteiger partial charge >= 0.3 is 6.09 Å². The van der Waals surface area contributed by atoms with Gasteiger partial charge in [-0.3, -0.25) is 0 Å². The number of aromatic nitrogens is 3. The van der Waals surface area contributed by atoms with Gasteiger partial charge in [-0.25, -0.2) is 23.2 Å². The number of benzene rings is 1. The molecule has 0 bridgehead atoms. The highest BCUT2D eigenvalue weighted by atomic mass is 35.5. The minimum absolute atomic E-state index is 0.209. The Morgan fingerprint density at radius 1 is 1.40 bits per heavy atom. The zero-order valence-corrected chi connectivity index (χ0v) is 14.7. The third-order valence-corrected chi connectivity index (χ3v) is 3.38. The fourth-order valence-corrected chi connectivity index (χ4v) is 2.22. The number of rotatable bonds is 4. The molecule has 1 N–H and O–H groups in total. The van der Waals surface area contributed by atoms with Crippen molar-refractivity contribution in [2.45, 2.75) is 38.8 Å². The van der Waals surface area contributed by atoms with Gasteiger partial charge in [-0.1, -0.05) is 17.7 Å². The molecule has 0 aliphatic heterocycles. The van der Waals surface area contributed by atoms with Gasteiger partial charge in [-0.15, -0.1) is 0 Å². The van der Waals surface area contributed by atoms with Gasteiger partial charge in [-0.05, 0) is 45.4 Å². The molecular formula is C16H18ClF2N4O2. The first-order valence-electron chi connectivity index (χ1n) is 7.39. The highest BCUT2D eigenvalue weighted by molar-refractivity contribution is 6.32. The van der Waals surface area contributed by atoms with Gasteiger partial charge in [0.2, 0.25) is 0 Å². The smallest absolute Gasteiger partial charge is 0.408 e. The Morgan fingerprint density at radius 2 is 2.08 bits per heavy atom. The molecule has 135 valence electrons. The van der Waals surface area contributed by atoms with Crippen molar-refractivity contribution in [1.82, 2.24) is 20.1 Å². The quantitative estimate of drug-likeness (QED) is 0.871. The molecule has 0 aliphatic rings. The second-order valence-corrected chi connectivity index (χ2v) is 6.65. The Hall–Kier alpha value is -2.22. The lowest BCUT2D eigenvalue weighted by Gasteiger charge is -2.22. The molecule has 0 spiro atoms. The maximum Gasteiger partial charge on any atom is 0.408 e. The topological polar surface area (TPSA) is 69.0 Å². The zero-order chi connectivity index (χ0) is 18.8. The van der Waals surface area contributed by atoms with E-state index in [1.54, 1.807) is 26.8 Å². The maximum atomic E-state index is 13.0. The number of nitrogens with one attached hydrogen (secondary N) is 1. The number of carbonyl (C=O) groups excluding carboxylic acids is 1. The lowest BCUT2D eigenvalue weighted by Crippen LogP contribution is -2.34. The molecule has 25 heavy (non-hydrogen) atoms. The average Bonchev–Trinajstić information content (AvgIpc) is 2.94. The molecule has 2 rings (SSSR count). The van der Waals surface area contributed by atoms with Crippen LogP contribution in [-0.2, 0) is 4.74 Å². The van der Waals surface area contributed by atoms with E-state index in [-0.39, 0.29) is 10.7 Å². The minimum atomic E-state index is -2.81. The average molecular weight is 372 g/mol. The molecule has 0 unspecified atom stereocenters. The molecule has 1 radical (unpaired) electrons. The predicted molar refractivity (Wildman–Crippen MR) is 88.8 cm³/mol. The van der Waals surface area contributed by atoms with E-state index >= 15 is 0 Å². The molecule has 0 saturated carbocycles. The third kappa shape index (κ3) is 4.88. The van der Waals surface area contributed by atoms with Crippen molar-refractivity contribution in [2.75, 3.05) is 0 Å². The van der Waals surface area contributed by atoms with Crippen LogP contribution in [0.4, 0.5) is 13.6 Å². The monoisotopic (exact) mass is 371 g/mol. The standard InChI is InChI=1S/C16H18ClF2N4O2/c1-9(22-15(24)25-16(2,3)4)10-5-6-11(17)12(7-10)23-14(13(18)19)20-8-21-23/h5-9,13H,1H2,2-4H3,(H,22,24)/t9-/m0/s1. The van der Waals surface area contributed by atoms with Crippen LogP contribution in [0, 0.1) is 6.92 Å². The Labute approximate surface area is 149 Å². The summed E-state index contributed by atoms with van der Waals surface area (Å²) in [6, 6.07) is 3.97. The van der Waals surface area contributed by atoms with Crippen LogP contribution in [0.5, 0.6) is 0 Å². The predicted octanol–water partition coefficient (Wildman–Crippen LogP) is 4.26. The summed E-state index contributed by atoms with van der Waals surface area (Å²) in [6.45, 7) is 9.05. The van der Waals surface area contributed by atoms with Crippen molar-refractivity contribution in [3.63, 3.8) is 0 Å². The summed E-state index contributed by atoms with van der Waals surface area (Å²) < 4.78 is 32.1. The van der Waals surface area contributed by atoms with E-state index in [0.717, 1.165) is 11.0 Å². The zero-order valence-electron chi connectivity index (χ0n) is 14.0. The van der Waals surface area contributed by atoms with Crippen molar-refractivity contribution in [1.29, 1.82) is 0 Å². The molecule has 1 atom stereocenters. The fraction of sp³-hybridized carbons (Fsp3) is 0.375. The Morgan fingerprint density at radius 3 is 2.68 bits per heavy atom. The van der Waals surface area contributed by atoms with Crippen LogP contribution in [-0.4, -0.2) is 26.5 Å². The van der Waals surface area contributed by atoms with Crippen LogP contribution in [0.3, 0.4) is 0 Å². The highest BCUT2D eigenvalue weighted by Crippen LogP contribution is 2.27. The normalized spacial score (nSPS) is 13.0. The molecule has 1 aromatic carbocycles. The number of amides is 1. The lowest BCUT2D eigenvalue weighted by molar-refractivity contribution is 0.0513. The number of alkyl halides is 2. The van der Waals surface area contributed by atoms with Crippen molar-refractivity contribution >= 4 is 17.7 Å². The van der Waals surface area contributed by atoms with E-state index in [0.29, 0.717) is 5.56 Å². The van der Waals surface area contributed by atoms with E-state index in [4.69, 9.17) is 16.3 Å². The summed E-state index contributed by atoms with van der Waals surface area (Å²) in [5.74, 6) is -0.528. The SMILES string of the molecule is [CH2][C@H](NC(=O)OC(C)(C)C)c1ccc(Cl)c(-n2ncnc2C(F)F)c1. The van der Waals surface area contributed by atoms with Gasteiger partial charge in [0.15, 0.2) is 5.82 Å². The highest BCUT2D eigenvalue weighted by Gasteiger charge is 2.21. The summed E-state index contributed by atoms with van der Waals surface area (Å²) >= 11 is 6.10. The van der Waals surface area contributed by atoms with Crippen LogP contribution < -0.4 is 5.32 Å². The summed E-state index contributed by atoms with van der Waals surface area (Å²) in [5.41, 5.74) is 0.106. The number of hydrogen-bond donors (Lipinski definition) is 1. The first-order chi connectivity index (χ1) is 11.6. The van der Waals surface area contributed by atoms with E-state index in [9.17, 15) is 13.6 Å². The van der Waals surface area contributed by atoms with Gasteiger partial charge in [0.1, 0.15) is 11.9 Å². The number of halogens is 3. The molecule has 0 aliphatic carbocycles. The minimum Gasteiger partial charge on any atom is -0.444 e. The number of nitrogens with zero attached hydrogens (tertiary/aromatic N) is 3. The summed E-state index contributed by atoms with van der Waals surface area (Å²) in [4.78, 5) is 15.4. The molecule has 1 amide bonds. The second-order valence-electron chi connectivity index (χ2n) is 6.24. The summed E-state index contributed by atoms with van der Waals surface area (Å²) in [6.07, 6.45) is -2.43. The van der Waals surface area contributed by atoms with E-state index < -0.39 is 30.0 Å². The molecule has 6 nitrogen and oxygen atoms in total. The molecule has 0 fully saturated rings. The van der Waals surface area contributed by atoms with Gasteiger partial charge < -0.3 is 10.1 Å². The van der Waals surface area contributed by atoms with Crippen molar-refractivity contribution in [2.24, 2.45) is 0 Å². The third-order valence-electron chi connectivity index (χ3n) is 3.06. The molecule has 2 aromatic rings. The van der Waals surface area contributed by atoms with E-state index in [2.05, 4.69) is 22.3 Å². The molecule has 1 aromatic heterocycles. The van der Waals surface area contributed by atoms with Crippen LogP contribution in [0.1, 0.15) is 44.6 Å². The maximum absolute atomic E-state index is 13.0. The molecule has 9 heteroatoms. The Balaban J connectivity index is 2.26. The van der Waals surface area contributed by atoms with Crippen LogP contribution >= 0.6 is 11.6 Å². The molecule has 0 saturated heterocycles. The van der Waals surface area contributed by atoms with Crippen LogP contribution in [0.2, 0.25) is 5.02 Å². The second kappa shape index (κ2) is 7.35. The van der Waals surface area contributed by atoms with E-state index in [1.807, 2.05) is 0 Å². The Kier molecular flexibility index (Phi) is 5.62. The molecular weight excluding hydrogens is 354 g/mol. The number of hydrogen-bond acceptors (Lipinski definition) is 4. The summed E-state index contributed by atoms with van der Waals surface area (Å²) in [7, 11) is 0. The summed E-state index contributed by atoms with van der Waals surface area (Å²) in [5, 5.41) is 6.57. The van der Waals surface area contributed by atoms with Crippen molar-refractivity contribution in [3.05, 3.63) is 47.9 Å². The Bertz CT molecular complexity index is 759. The molecule has 1 heterocycles. The number of alkyl carbamates (subject to hydrolysis) is 1. The van der Waals surface area contributed by atoms with Crippen LogP contribution in [0.25, 0.3) is 5.69 Å². The first-order valence-corrected chi connectivity index (χ1v) is 7.77. The van der Waals surface area contributed by atoms with Gasteiger partial charge in [0.25, 0.3) is 6.43 Å². The lowest BCUT2D eigenvalue weighted by atomic mass is 10.1. The number of carbonyl (C=O) groups is 1. The fourth-order valence-electron chi connectivity index (χ4n) is 2.03. The van der Waals surface area contributed by atoms with E-state index in [1.165, 1.54) is 12.1 Å². The van der Waals surface area contributed by atoms with Crippen molar-refractivity contribution in [3.8, 4) is 5.69 Å². The number of ether oxygens (including phenoxy) is 1. The van der Waals surface area contributed by atoms with Gasteiger partial charge in [0, 0.05) is 0 Å². The largest absolute Gasteiger partial charge is 0.444 e. The van der Waals surface area contributed by atoms with Crippen molar-refractivity contribution < 1.29 is 18.3 Å².